The summed E-state index contributed by atoms with van der Waals surface area (Å²) in [5.74, 6) is 0.934. The van der Waals surface area contributed by atoms with Crippen LogP contribution in [0.3, 0.4) is 0 Å². The number of hydrogen-bond donors (Lipinski definition) is 2. The molecule has 4 aromatic carbocycles. The summed E-state index contributed by atoms with van der Waals surface area (Å²) in [4.78, 5) is 18.5. The number of nitrogens with zero attached hydrogens (tertiary/aromatic N) is 1. The average molecular weight is 532 g/mol. The van der Waals surface area contributed by atoms with Crippen LogP contribution in [0.5, 0.6) is 5.75 Å². The molecule has 5 aromatic rings. The van der Waals surface area contributed by atoms with Crippen molar-refractivity contribution in [2.24, 2.45) is 0 Å². The van der Waals surface area contributed by atoms with Crippen molar-refractivity contribution in [1.29, 1.82) is 0 Å². The lowest BCUT2D eigenvalue weighted by Crippen LogP contribution is -2.14. The quantitative estimate of drug-likeness (QED) is 0.221. The number of rotatable bonds is 7. The highest BCUT2D eigenvalue weighted by Gasteiger charge is 2.24. The molecule has 6 heteroatoms. The van der Waals surface area contributed by atoms with Crippen molar-refractivity contribution in [3.8, 4) is 39.7 Å². The van der Waals surface area contributed by atoms with Crippen molar-refractivity contribution in [3.63, 3.8) is 0 Å². The number of ether oxygens (including phenoxy) is 1. The van der Waals surface area contributed by atoms with E-state index in [1.807, 2.05) is 92.0 Å². The molecule has 0 bridgehead atoms. The van der Waals surface area contributed by atoms with E-state index < -0.39 is 5.91 Å². The van der Waals surface area contributed by atoms with Gasteiger partial charge in [-0.25, -0.2) is 4.98 Å². The molecule has 0 aliphatic heterocycles. The number of carbonyl (C=O) groups is 1. The molecule has 40 heavy (non-hydrogen) atoms. The number of methoxy groups -OCH3 is 1. The fourth-order valence-corrected chi connectivity index (χ4v) is 4.49. The van der Waals surface area contributed by atoms with Crippen LogP contribution in [0, 0.1) is 0 Å². The summed E-state index contributed by atoms with van der Waals surface area (Å²) in [6.07, 6.45) is 0. The van der Waals surface area contributed by atoms with Gasteiger partial charge in [0, 0.05) is 23.9 Å². The number of oxazole rings is 1. The lowest BCUT2D eigenvalue weighted by Gasteiger charge is -2.18. The maximum atomic E-state index is 13.8. The van der Waals surface area contributed by atoms with Crippen LogP contribution in [-0.4, -0.2) is 25.0 Å². The van der Waals surface area contributed by atoms with Gasteiger partial charge in [-0.2, -0.15) is 0 Å². The zero-order valence-corrected chi connectivity index (χ0v) is 23.4. The lowest BCUT2D eigenvalue weighted by molar-refractivity contribution is 0.102. The number of carbonyl (C=O) groups excluding carboxylic acids is 1. The van der Waals surface area contributed by atoms with Gasteiger partial charge in [0.25, 0.3) is 5.91 Å². The van der Waals surface area contributed by atoms with Crippen LogP contribution in [0.1, 0.15) is 36.8 Å². The first kappa shape index (κ1) is 26.8. The molecule has 2 N–H and O–H groups in total. The first-order valence-electron chi connectivity index (χ1n) is 13.2. The zero-order valence-electron chi connectivity index (χ0n) is 23.4. The van der Waals surface area contributed by atoms with Gasteiger partial charge in [-0.3, -0.25) is 4.79 Å². The van der Waals surface area contributed by atoms with E-state index in [0.717, 1.165) is 27.9 Å². The van der Waals surface area contributed by atoms with Crippen LogP contribution in [-0.2, 0) is 5.41 Å². The Balaban J connectivity index is 1.54. The van der Waals surface area contributed by atoms with Gasteiger partial charge < -0.3 is 19.8 Å². The molecule has 0 unspecified atom stereocenters. The zero-order chi connectivity index (χ0) is 28.3. The number of aromatic nitrogens is 1. The lowest BCUT2D eigenvalue weighted by atomic mass is 9.87. The van der Waals surface area contributed by atoms with Gasteiger partial charge in [0.1, 0.15) is 5.75 Å². The van der Waals surface area contributed by atoms with E-state index in [4.69, 9.17) is 9.15 Å². The molecule has 0 saturated carbocycles. The minimum atomic E-state index is -0.391. The fraction of sp³-hybridized carbons (Fsp3) is 0.176. The van der Waals surface area contributed by atoms with Gasteiger partial charge in [-0.05, 0) is 70.6 Å². The molecule has 1 aromatic heterocycles. The van der Waals surface area contributed by atoms with E-state index in [1.54, 1.807) is 7.11 Å². The highest BCUT2D eigenvalue weighted by Crippen LogP contribution is 2.35. The molecule has 1 heterocycles. The summed E-state index contributed by atoms with van der Waals surface area (Å²) >= 11 is 0. The highest BCUT2D eigenvalue weighted by atomic mass is 16.5. The molecule has 0 saturated heterocycles. The minimum Gasteiger partial charge on any atom is -0.495 e. The van der Waals surface area contributed by atoms with Crippen LogP contribution in [0.25, 0.3) is 33.9 Å². The van der Waals surface area contributed by atoms with Crippen LogP contribution < -0.4 is 15.4 Å². The summed E-state index contributed by atoms with van der Waals surface area (Å²) in [6, 6.07) is 31.5. The Hall–Kier alpha value is -4.84. The third kappa shape index (κ3) is 5.61. The fourth-order valence-electron chi connectivity index (χ4n) is 4.49. The smallest absolute Gasteiger partial charge is 0.278 e. The van der Waals surface area contributed by atoms with E-state index in [0.29, 0.717) is 23.1 Å². The third-order valence-corrected chi connectivity index (χ3v) is 6.83. The summed E-state index contributed by atoms with van der Waals surface area (Å²) in [6.45, 7) is 6.51. The van der Waals surface area contributed by atoms with Crippen molar-refractivity contribution in [2.45, 2.75) is 26.2 Å². The molecule has 6 nitrogen and oxygen atoms in total. The molecule has 5 rings (SSSR count). The summed E-state index contributed by atoms with van der Waals surface area (Å²) in [5, 5.41) is 6.13. The minimum absolute atomic E-state index is 0.0216. The molecular formula is C34H33N3O3. The average Bonchev–Trinajstić information content (AvgIpc) is 3.43. The third-order valence-electron chi connectivity index (χ3n) is 6.83. The predicted octanol–water partition coefficient (Wildman–Crippen LogP) is 8.28. The van der Waals surface area contributed by atoms with Crippen molar-refractivity contribution < 1.29 is 13.9 Å². The predicted molar refractivity (Wildman–Crippen MR) is 162 cm³/mol. The monoisotopic (exact) mass is 531 g/mol. The Morgan fingerprint density at radius 1 is 0.800 bits per heavy atom. The molecule has 0 fully saturated rings. The molecule has 0 spiro atoms. The van der Waals surface area contributed by atoms with E-state index in [9.17, 15) is 4.79 Å². The van der Waals surface area contributed by atoms with Gasteiger partial charge in [0.2, 0.25) is 5.89 Å². The molecular weight excluding hydrogens is 498 g/mol. The van der Waals surface area contributed by atoms with E-state index in [-0.39, 0.29) is 11.1 Å². The number of hydrogen-bond acceptors (Lipinski definition) is 5. The second-order valence-corrected chi connectivity index (χ2v) is 10.6. The first-order chi connectivity index (χ1) is 19.3. The van der Waals surface area contributed by atoms with Crippen molar-refractivity contribution in [3.05, 3.63) is 108 Å². The number of amides is 1. The van der Waals surface area contributed by atoms with Crippen molar-refractivity contribution >= 4 is 17.3 Å². The van der Waals surface area contributed by atoms with E-state index >= 15 is 0 Å². The molecule has 1 amide bonds. The highest BCUT2D eigenvalue weighted by molar-refractivity contribution is 6.07. The Bertz CT molecular complexity index is 1610. The Labute approximate surface area is 235 Å². The van der Waals surface area contributed by atoms with Crippen LogP contribution >= 0.6 is 0 Å². The second kappa shape index (κ2) is 11.1. The second-order valence-electron chi connectivity index (χ2n) is 10.6. The molecule has 0 radical (unpaired) electrons. The Morgan fingerprint density at radius 2 is 1.45 bits per heavy atom. The van der Waals surface area contributed by atoms with Crippen LogP contribution in [0.2, 0.25) is 0 Å². The maximum absolute atomic E-state index is 13.8. The maximum Gasteiger partial charge on any atom is 0.278 e. The van der Waals surface area contributed by atoms with E-state index in [2.05, 4.69) is 48.5 Å². The number of anilines is 2. The normalized spacial score (nSPS) is 11.2. The van der Waals surface area contributed by atoms with Crippen molar-refractivity contribution in [2.75, 3.05) is 24.8 Å². The number of benzene rings is 4. The van der Waals surface area contributed by atoms with Gasteiger partial charge >= 0.3 is 0 Å². The summed E-state index contributed by atoms with van der Waals surface area (Å²) < 4.78 is 11.8. The van der Waals surface area contributed by atoms with Gasteiger partial charge in [-0.1, -0.05) is 69.3 Å². The summed E-state index contributed by atoms with van der Waals surface area (Å²) in [5.41, 5.74) is 6.46. The van der Waals surface area contributed by atoms with Gasteiger partial charge in [-0.15, -0.1) is 0 Å². The SMILES string of the molecule is CNc1ccc(-c2oc(-c3ccc(C(C)(C)C)cc3)nc2C(=O)Nc2cc(-c3ccccc3)ccc2OC)cc1. The molecule has 0 atom stereocenters. The topological polar surface area (TPSA) is 76.4 Å². The van der Waals surface area contributed by atoms with Crippen LogP contribution in [0.4, 0.5) is 11.4 Å². The van der Waals surface area contributed by atoms with Crippen molar-refractivity contribution in [1.82, 2.24) is 4.98 Å². The largest absolute Gasteiger partial charge is 0.495 e. The summed E-state index contributed by atoms with van der Waals surface area (Å²) in [7, 11) is 3.44. The first-order valence-corrected chi connectivity index (χ1v) is 13.2. The number of nitrogens with one attached hydrogen (secondary N) is 2. The Morgan fingerprint density at radius 3 is 2.08 bits per heavy atom. The van der Waals surface area contributed by atoms with Crippen LogP contribution in [0.15, 0.2) is 101 Å². The molecule has 202 valence electrons. The Kier molecular flexibility index (Phi) is 7.43. The molecule has 0 aliphatic carbocycles. The standard InChI is InChI=1S/C34H33N3O3/c1-34(2,3)26-16-11-24(12-17-26)33-37-30(31(40-33)23-13-18-27(35-4)19-14-23)32(38)36-28-21-25(15-20-29(28)39-5)22-9-7-6-8-10-22/h6-21,35H,1-5H3,(H,36,38). The van der Waals surface area contributed by atoms with Gasteiger partial charge in [0.15, 0.2) is 11.5 Å². The van der Waals surface area contributed by atoms with Gasteiger partial charge in [0.05, 0.1) is 12.8 Å². The van der Waals surface area contributed by atoms with E-state index in [1.165, 1.54) is 5.56 Å². The molecule has 0 aliphatic rings.